The van der Waals surface area contributed by atoms with E-state index < -0.39 is 11.6 Å². The molecule has 3 saturated heterocycles. The second kappa shape index (κ2) is 5.78. The topological polar surface area (TPSA) is 46.2 Å². The van der Waals surface area contributed by atoms with E-state index in [9.17, 15) is 0 Å². The third kappa shape index (κ3) is 3.11. The fraction of sp³-hybridized carbons (Fsp3) is 0.684. The summed E-state index contributed by atoms with van der Waals surface area (Å²) >= 11 is 0. The van der Waals surface area contributed by atoms with E-state index in [1.165, 1.54) is 5.56 Å². The Kier molecular flexibility index (Phi) is 3.97. The second-order valence-corrected chi connectivity index (χ2v) is 7.76. The van der Waals surface area contributed by atoms with Gasteiger partial charge in [-0.3, -0.25) is 0 Å². The van der Waals surface area contributed by atoms with Crippen molar-refractivity contribution in [3.8, 4) is 0 Å². The first-order chi connectivity index (χ1) is 11.3. The monoisotopic (exact) mass is 334 g/mol. The van der Waals surface area contributed by atoms with Gasteiger partial charge in [0.25, 0.3) is 0 Å². The first kappa shape index (κ1) is 16.5. The highest BCUT2D eigenvalue weighted by Crippen LogP contribution is 2.42. The van der Waals surface area contributed by atoms with Crippen molar-refractivity contribution in [3.05, 3.63) is 35.9 Å². The van der Waals surface area contributed by atoms with Crippen LogP contribution >= 0.6 is 0 Å². The number of ether oxygens (including phenoxy) is 5. The highest BCUT2D eigenvalue weighted by atomic mass is 16.8. The fourth-order valence-electron chi connectivity index (χ4n) is 3.90. The summed E-state index contributed by atoms with van der Waals surface area (Å²) in [5, 5.41) is 0. The van der Waals surface area contributed by atoms with Crippen molar-refractivity contribution in [3.63, 3.8) is 0 Å². The van der Waals surface area contributed by atoms with Gasteiger partial charge >= 0.3 is 0 Å². The van der Waals surface area contributed by atoms with Crippen molar-refractivity contribution in [1.29, 1.82) is 0 Å². The second-order valence-electron chi connectivity index (χ2n) is 7.76. The molecule has 0 aromatic heterocycles. The summed E-state index contributed by atoms with van der Waals surface area (Å²) in [6.07, 6.45) is 0.234. The van der Waals surface area contributed by atoms with Crippen LogP contribution in [0.3, 0.4) is 0 Å². The number of hydrogen-bond donors (Lipinski definition) is 0. The van der Waals surface area contributed by atoms with Crippen LogP contribution in [0, 0.1) is 0 Å². The van der Waals surface area contributed by atoms with Crippen LogP contribution < -0.4 is 0 Å². The standard InChI is InChI=1S/C19H26O5/c1-18(2)20-11-14(22-18)15-17-16(23-19(3,4)24-17)13(21-15)10-12-8-6-5-7-9-12/h5-9,13-17H,10-11H2,1-4H3/t13-,14-,15-,16-,17+/m1/s1. The van der Waals surface area contributed by atoms with Gasteiger partial charge in [0.2, 0.25) is 0 Å². The van der Waals surface area contributed by atoms with Crippen LogP contribution in [0.4, 0.5) is 0 Å². The van der Waals surface area contributed by atoms with E-state index in [2.05, 4.69) is 12.1 Å². The van der Waals surface area contributed by atoms with Crippen molar-refractivity contribution in [2.45, 2.75) is 76.2 Å². The lowest BCUT2D eigenvalue weighted by atomic mass is 10.00. The number of benzene rings is 1. The van der Waals surface area contributed by atoms with Crippen LogP contribution in [0.1, 0.15) is 33.3 Å². The molecule has 0 N–H and O–H groups in total. The van der Waals surface area contributed by atoms with Crippen LogP contribution in [0.25, 0.3) is 0 Å². The zero-order valence-corrected chi connectivity index (χ0v) is 14.7. The van der Waals surface area contributed by atoms with E-state index in [0.717, 1.165) is 6.42 Å². The number of fused-ring (bicyclic) bond motifs is 1. The summed E-state index contributed by atoms with van der Waals surface area (Å²) in [5.74, 6) is -1.17. The van der Waals surface area contributed by atoms with E-state index in [-0.39, 0.29) is 30.5 Å². The Morgan fingerprint density at radius 1 is 0.875 bits per heavy atom. The summed E-state index contributed by atoms with van der Waals surface area (Å²) in [6.45, 7) is 8.28. The number of hydrogen-bond acceptors (Lipinski definition) is 5. The van der Waals surface area contributed by atoms with Crippen LogP contribution in [-0.4, -0.2) is 48.7 Å². The molecule has 5 nitrogen and oxygen atoms in total. The van der Waals surface area contributed by atoms with Gasteiger partial charge in [0.05, 0.1) is 12.7 Å². The minimum atomic E-state index is -0.596. The van der Waals surface area contributed by atoms with E-state index in [1.807, 2.05) is 45.9 Å². The quantitative estimate of drug-likeness (QED) is 0.850. The molecule has 3 heterocycles. The molecule has 0 radical (unpaired) electrons. The lowest BCUT2D eigenvalue weighted by molar-refractivity contribution is -0.206. The first-order valence-corrected chi connectivity index (χ1v) is 8.70. The predicted molar refractivity (Wildman–Crippen MR) is 87.5 cm³/mol. The maximum atomic E-state index is 6.35. The van der Waals surface area contributed by atoms with Gasteiger partial charge in [0.15, 0.2) is 11.6 Å². The summed E-state index contributed by atoms with van der Waals surface area (Å²) in [4.78, 5) is 0. The molecule has 3 fully saturated rings. The molecule has 0 amide bonds. The first-order valence-electron chi connectivity index (χ1n) is 8.70. The molecule has 24 heavy (non-hydrogen) atoms. The molecule has 3 aliphatic rings. The lowest BCUT2D eigenvalue weighted by Gasteiger charge is -2.27. The molecule has 0 aliphatic carbocycles. The summed E-state index contributed by atoms with van der Waals surface area (Å²) in [5.41, 5.74) is 1.24. The summed E-state index contributed by atoms with van der Waals surface area (Å²) in [7, 11) is 0. The Morgan fingerprint density at radius 2 is 1.58 bits per heavy atom. The van der Waals surface area contributed by atoms with Crippen molar-refractivity contribution < 1.29 is 23.7 Å². The van der Waals surface area contributed by atoms with Gasteiger partial charge in [-0.1, -0.05) is 30.3 Å². The van der Waals surface area contributed by atoms with Gasteiger partial charge in [-0.15, -0.1) is 0 Å². The molecule has 0 spiro atoms. The van der Waals surface area contributed by atoms with Gasteiger partial charge in [-0.05, 0) is 33.3 Å². The largest absolute Gasteiger partial charge is 0.366 e. The SMILES string of the molecule is CC1(C)O[C@@H]2[C@H](O1)[C@@H](Cc1ccccc1)O[C@@H]2[C@H]1COC(C)(C)O1. The maximum Gasteiger partial charge on any atom is 0.164 e. The van der Waals surface area contributed by atoms with E-state index in [4.69, 9.17) is 23.7 Å². The molecule has 132 valence electrons. The Bertz CT molecular complexity index is 585. The smallest absolute Gasteiger partial charge is 0.164 e. The van der Waals surface area contributed by atoms with Gasteiger partial charge in [0, 0.05) is 6.42 Å². The minimum absolute atomic E-state index is 0.0449. The van der Waals surface area contributed by atoms with Crippen molar-refractivity contribution in [1.82, 2.24) is 0 Å². The van der Waals surface area contributed by atoms with Gasteiger partial charge in [0.1, 0.15) is 24.4 Å². The molecule has 0 saturated carbocycles. The summed E-state index contributed by atoms with van der Waals surface area (Å²) in [6, 6.07) is 10.3. The zero-order chi connectivity index (χ0) is 16.9. The molecule has 3 aliphatic heterocycles. The third-order valence-electron chi connectivity index (χ3n) is 4.86. The molecule has 4 rings (SSSR count). The molecule has 5 atom stereocenters. The van der Waals surface area contributed by atoms with Crippen molar-refractivity contribution >= 4 is 0 Å². The molecular weight excluding hydrogens is 308 g/mol. The molecule has 1 aromatic rings. The maximum absolute atomic E-state index is 6.35. The van der Waals surface area contributed by atoms with Crippen LogP contribution in [-0.2, 0) is 30.1 Å². The van der Waals surface area contributed by atoms with E-state index in [1.54, 1.807) is 0 Å². The Balaban J connectivity index is 1.54. The average molecular weight is 334 g/mol. The minimum Gasteiger partial charge on any atom is -0.366 e. The van der Waals surface area contributed by atoms with E-state index in [0.29, 0.717) is 6.61 Å². The molecule has 1 aromatic carbocycles. The molecule has 5 heteroatoms. The van der Waals surface area contributed by atoms with E-state index >= 15 is 0 Å². The van der Waals surface area contributed by atoms with Gasteiger partial charge in [-0.25, -0.2) is 0 Å². The molecule has 0 unspecified atom stereocenters. The fourth-order valence-corrected chi connectivity index (χ4v) is 3.90. The normalized spacial score (nSPS) is 39.9. The van der Waals surface area contributed by atoms with Gasteiger partial charge in [-0.2, -0.15) is 0 Å². The van der Waals surface area contributed by atoms with Crippen molar-refractivity contribution in [2.75, 3.05) is 6.61 Å². The molecular formula is C19H26O5. The number of rotatable bonds is 3. The average Bonchev–Trinajstić information content (AvgIpc) is 3.12. The predicted octanol–water partition coefficient (Wildman–Crippen LogP) is 2.67. The Hall–Kier alpha value is -0.980. The summed E-state index contributed by atoms with van der Waals surface area (Å²) < 4.78 is 30.4. The zero-order valence-electron chi connectivity index (χ0n) is 14.7. The Morgan fingerprint density at radius 3 is 2.25 bits per heavy atom. The van der Waals surface area contributed by atoms with Crippen LogP contribution in [0.5, 0.6) is 0 Å². The highest BCUT2D eigenvalue weighted by molar-refractivity contribution is 5.17. The lowest BCUT2D eigenvalue weighted by Crippen LogP contribution is -2.40. The molecule has 0 bridgehead atoms. The van der Waals surface area contributed by atoms with Crippen LogP contribution in [0.2, 0.25) is 0 Å². The van der Waals surface area contributed by atoms with Crippen molar-refractivity contribution in [2.24, 2.45) is 0 Å². The Labute approximate surface area is 143 Å². The highest BCUT2D eigenvalue weighted by Gasteiger charge is 2.58. The van der Waals surface area contributed by atoms with Gasteiger partial charge < -0.3 is 23.7 Å². The van der Waals surface area contributed by atoms with Crippen LogP contribution in [0.15, 0.2) is 30.3 Å². The third-order valence-corrected chi connectivity index (χ3v) is 4.86.